The molecule has 16 heavy (non-hydrogen) atoms. The van der Waals surface area contributed by atoms with E-state index >= 15 is 0 Å². The van der Waals surface area contributed by atoms with E-state index in [0.717, 1.165) is 12.4 Å². The number of hydrogen-bond acceptors (Lipinski definition) is 4. The Morgan fingerprint density at radius 3 is 2.50 bits per heavy atom. The van der Waals surface area contributed by atoms with E-state index in [2.05, 4.69) is 20.6 Å². The predicted octanol–water partition coefficient (Wildman–Crippen LogP) is 0.800. The summed E-state index contributed by atoms with van der Waals surface area (Å²) in [4.78, 5) is 18.9. The highest BCUT2D eigenvalue weighted by Crippen LogP contribution is 2.15. The minimum atomic E-state index is -0.577. The molecule has 0 bridgehead atoms. The van der Waals surface area contributed by atoms with Gasteiger partial charge in [-0.1, -0.05) is 0 Å². The standard InChI is InChI=1S/C10H15FN4O/c1-10(2,8(16)12-3)6-15-9-13-4-7(11)5-14-9/h4-5H,6H2,1-3H3,(H,12,16)(H,13,14,15). The smallest absolute Gasteiger partial charge is 0.227 e. The van der Waals surface area contributed by atoms with Crippen LogP contribution in [-0.2, 0) is 4.79 Å². The normalized spacial score (nSPS) is 11.0. The molecule has 0 saturated carbocycles. The van der Waals surface area contributed by atoms with Gasteiger partial charge in [-0.2, -0.15) is 0 Å². The Balaban J connectivity index is 2.57. The Hall–Kier alpha value is -1.72. The van der Waals surface area contributed by atoms with Crippen LogP contribution in [0, 0.1) is 11.2 Å². The molecule has 1 aromatic heterocycles. The van der Waals surface area contributed by atoms with Gasteiger partial charge in [0.1, 0.15) is 0 Å². The Kier molecular flexibility index (Phi) is 3.76. The number of halogens is 1. The second kappa shape index (κ2) is 4.87. The van der Waals surface area contributed by atoms with Crippen LogP contribution in [0.2, 0.25) is 0 Å². The van der Waals surface area contributed by atoms with E-state index in [1.807, 2.05) is 0 Å². The van der Waals surface area contributed by atoms with E-state index < -0.39 is 11.2 Å². The molecule has 88 valence electrons. The fourth-order valence-electron chi connectivity index (χ4n) is 1.12. The Bertz CT molecular complexity index is 364. The molecule has 1 rings (SSSR count). The van der Waals surface area contributed by atoms with Crippen molar-refractivity contribution in [1.29, 1.82) is 0 Å². The van der Waals surface area contributed by atoms with Crippen molar-refractivity contribution in [2.75, 3.05) is 18.9 Å². The van der Waals surface area contributed by atoms with E-state index in [1.165, 1.54) is 0 Å². The Morgan fingerprint density at radius 2 is 2.00 bits per heavy atom. The van der Waals surface area contributed by atoms with Crippen LogP contribution in [0.1, 0.15) is 13.8 Å². The van der Waals surface area contributed by atoms with Crippen LogP contribution in [0.4, 0.5) is 10.3 Å². The zero-order valence-electron chi connectivity index (χ0n) is 9.54. The molecule has 1 heterocycles. The third-order valence-corrected chi connectivity index (χ3v) is 2.15. The largest absolute Gasteiger partial charge is 0.359 e. The third-order valence-electron chi connectivity index (χ3n) is 2.15. The van der Waals surface area contributed by atoms with Crippen molar-refractivity contribution < 1.29 is 9.18 Å². The van der Waals surface area contributed by atoms with Crippen LogP contribution in [0.3, 0.4) is 0 Å². The van der Waals surface area contributed by atoms with Crippen LogP contribution in [-0.4, -0.2) is 29.5 Å². The van der Waals surface area contributed by atoms with Crippen LogP contribution >= 0.6 is 0 Å². The lowest BCUT2D eigenvalue weighted by molar-refractivity contribution is -0.128. The molecule has 1 aromatic rings. The molecule has 6 heteroatoms. The van der Waals surface area contributed by atoms with Crippen molar-refractivity contribution in [3.05, 3.63) is 18.2 Å². The molecule has 0 unspecified atom stereocenters. The minimum absolute atomic E-state index is 0.0814. The monoisotopic (exact) mass is 226 g/mol. The maximum absolute atomic E-state index is 12.5. The average molecular weight is 226 g/mol. The van der Waals surface area contributed by atoms with Crippen LogP contribution in [0.5, 0.6) is 0 Å². The molecule has 0 aliphatic heterocycles. The van der Waals surface area contributed by atoms with Crippen LogP contribution in [0.25, 0.3) is 0 Å². The molecule has 0 atom stereocenters. The van der Waals surface area contributed by atoms with Crippen LogP contribution in [0.15, 0.2) is 12.4 Å². The fraction of sp³-hybridized carbons (Fsp3) is 0.500. The molecule has 0 aliphatic rings. The molecule has 0 saturated heterocycles. The molecule has 0 fully saturated rings. The molecular weight excluding hydrogens is 211 g/mol. The first-order chi connectivity index (χ1) is 7.45. The van der Waals surface area contributed by atoms with Gasteiger partial charge in [-0.05, 0) is 13.8 Å². The van der Waals surface area contributed by atoms with Gasteiger partial charge in [0, 0.05) is 13.6 Å². The summed E-state index contributed by atoms with van der Waals surface area (Å²) in [6.07, 6.45) is 2.14. The number of hydrogen-bond donors (Lipinski definition) is 2. The summed E-state index contributed by atoms with van der Waals surface area (Å²) in [7, 11) is 1.58. The lowest BCUT2D eigenvalue weighted by Gasteiger charge is -2.22. The van der Waals surface area contributed by atoms with E-state index in [9.17, 15) is 9.18 Å². The SMILES string of the molecule is CNC(=O)C(C)(C)CNc1ncc(F)cn1. The van der Waals surface area contributed by atoms with E-state index in [0.29, 0.717) is 12.5 Å². The summed E-state index contributed by atoms with van der Waals surface area (Å²) >= 11 is 0. The van der Waals surface area contributed by atoms with Gasteiger partial charge >= 0.3 is 0 Å². The van der Waals surface area contributed by atoms with Gasteiger partial charge in [0.2, 0.25) is 11.9 Å². The second-order valence-corrected chi connectivity index (χ2v) is 4.04. The number of aromatic nitrogens is 2. The first-order valence-electron chi connectivity index (χ1n) is 4.89. The summed E-state index contributed by atoms with van der Waals surface area (Å²) in [5.74, 6) is -0.267. The zero-order valence-corrected chi connectivity index (χ0v) is 9.54. The van der Waals surface area contributed by atoms with E-state index in [1.54, 1.807) is 20.9 Å². The zero-order chi connectivity index (χ0) is 12.2. The molecule has 5 nitrogen and oxygen atoms in total. The molecule has 0 aliphatic carbocycles. The van der Waals surface area contributed by atoms with Crippen molar-refractivity contribution in [1.82, 2.24) is 15.3 Å². The summed E-state index contributed by atoms with van der Waals surface area (Å²) in [6, 6.07) is 0. The van der Waals surface area contributed by atoms with Crippen molar-refractivity contribution in [2.45, 2.75) is 13.8 Å². The lowest BCUT2D eigenvalue weighted by Crippen LogP contribution is -2.39. The minimum Gasteiger partial charge on any atom is -0.359 e. The lowest BCUT2D eigenvalue weighted by atomic mass is 9.92. The molecule has 0 spiro atoms. The second-order valence-electron chi connectivity index (χ2n) is 4.04. The summed E-state index contributed by atoms with van der Waals surface area (Å²) in [6.45, 7) is 3.96. The molecule has 0 radical (unpaired) electrons. The van der Waals surface area contributed by atoms with Crippen molar-refractivity contribution >= 4 is 11.9 Å². The molecule has 2 N–H and O–H groups in total. The third kappa shape index (κ3) is 3.15. The highest BCUT2D eigenvalue weighted by molar-refractivity contribution is 5.82. The number of amides is 1. The summed E-state index contributed by atoms with van der Waals surface area (Å²) in [5, 5.41) is 5.45. The highest BCUT2D eigenvalue weighted by Gasteiger charge is 2.26. The fourth-order valence-corrected chi connectivity index (χ4v) is 1.12. The number of nitrogens with one attached hydrogen (secondary N) is 2. The van der Waals surface area contributed by atoms with Gasteiger partial charge in [-0.25, -0.2) is 14.4 Å². The van der Waals surface area contributed by atoms with Crippen molar-refractivity contribution in [3.63, 3.8) is 0 Å². The summed E-state index contributed by atoms with van der Waals surface area (Å²) < 4.78 is 12.5. The number of carbonyl (C=O) groups excluding carboxylic acids is 1. The topological polar surface area (TPSA) is 66.9 Å². The molecule has 1 amide bonds. The molecular formula is C10H15FN4O. The number of rotatable bonds is 4. The van der Waals surface area contributed by atoms with Gasteiger partial charge in [-0.15, -0.1) is 0 Å². The number of carbonyl (C=O) groups is 1. The maximum Gasteiger partial charge on any atom is 0.227 e. The van der Waals surface area contributed by atoms with Crippen LogP contribution < -0.4 is 10.6 Å². The summed E-state index contributed by atoms with van der Waals surface area (Å²) in [5.41, 5.74) is -0.577. The van der Waals surface area contributed by atoms with E-state index in [4.69, 9.17) is 0 Å². The van der Waals surface area contributed by atoms with E-state index in [-0.39, 0.29) is 5.91 Å². The molecule has 0 aromatic carbocycles. The van der Waals surface area contributed by atoms with Gasteiger partial charge in [0.05, 0.1) is 17.8 Å². The Labute approximate surface area is 93.5 Å². The van der Waals surface area contributed by atoms with Gasteiger partial charge in [0.15, 0.2) is 5.82 Å². The number of nitrogens with zero attached hydrogens (tertiary/aromatic N) is 2. The quantitative estimate of drug-likeness (QED) is 0.797. The maximum atomic E-state index is 12.5. The van der Waals surface area contributed by atoms with Crippen molar-refractivity contribution in [2.24, 2.45) is 5.41 Å². The first kappa shape index (κ1) is 12.4. The van der Waals surface area contributed by atoms with Crippen molar-refractivity contribution in [3.8, 4) is 0 Å². The Morgan fingerprint density at radius 1 is 1.44 bits per heavy atom. The number of anilines is 1. The first-order valence-corrected chi connectivity index (χ1v) is 4.89. The van der Waals surface area contributed by atoms with Gasteiger partial charge in [-0.3, -0.25) is 4.79 Å². The highest BCUT2D eigenvalue weighted by atomic mass is 19.1. The predicted molar refractivity (Wildman–Crippen MR) is 58.3 cm³/mol. The van der Waals surface area contributed by atoms with Gasteiger partial charge in [0.25, 0.3) is 0 Å². The average Bonchev–Trinajstić information content (AvgIpc) is 2.27. The van der Waals surface area contributed by atoms with Gasteiger partial charge < -0.3 is 10.6 Å².